The van der Waals surface area contributed by atoms with Gasteiger partial charge in [0.15, 0.2) is 0 Å². The summed E-state index contributed by atoms with van der Waals surface area (Å²) in [4.78, 5) is 14.9. The Morgan fingerprint density at radius 2 is 1.96 bits per heavy atom. The molecule has 1 aromatic carbocycles. The minimum absolute atomic E-state index is 0.0205. The van der Waals surface area contributed by atoms with Crippen molar-refractivity contribution in [3.8, 4) is 5.75 Å². The van der Waals surface area contributed by atoms with Gasteiger partial charge in [-0.1, -0.05) is 11.6 Å². The maximum absolute atomic E-state index is 12.9. The number of methoxy groups -OCH3 is 1. The molecule has 7 nitrogen and oxygen atoms in total. The Morgan fingerprint density at radius 1 is 1.28 bits per heavy atom. The molecular formula is C16H19ClN2O5S. The highest BCUT2D eigenvalue weighted by Crippen LogP contribution is 2.32. The third-order valence-corrected chi connectivity index (χ3v) is 5.24. The highest BCUT2D eigenvalue weighted by molar-refractivity contribution is 7.92. The molecule has 0 fully saturated rings. The van der Waals surface area contributed by atoms with Crippen molar-refractivity contribution in [2.75, 3.05) is 18.4 Å². The number of ether oxygens (including phenoxy) is 2. The molecule has 25 heavy (non-hydrogen) atoms. The first-order valence-electron chi connectivity index (χ1n) is 7.44. The molecule has 0 amide bonds. The van der Waals surface area contributed by atoms with Gasteiger partial charge in [-0.25, -0.2) is 13.2 Å². The third kappa shape index (κ3) is 3.91. The Kier molecular flexibility index (Phi) is 5.64. The molecule has 2 N–H and O–H groups in total. The van der Waals surface area contributed by atoms with Gasteiger partial charge in [-0.3, -0.25) is 4.72 Å². The second-order valence-corrected chi connectivity index (χ2v) is 7.31. The van der Waals surface area contributed by atoms with Crippen LogP contribution in [0.25, 0.3) is 0 Å². The zero-order chi connectivity index (χ0) is 18.8. The molecule has 0 aliphatic carbocycles. The number of sulfonamides is 1. The fraction of sp³-hybridized carbons (Fsp3) is 0.312. The van der Waals surface area contributed by atoms with E-state index < -0.39 is 16.0 Å². The van der Waals surface area contributed by atoms with Gasteiger partial charge >= 0.3 is 5.97 Å². The van der Waals surface area contributed by atoms with Gasteiger partial charge in [-0.05, 0) is 39.0 Å². The van der Waals surface area contributed by atoms with Crippen molar-refractivity contribution in [2.24, 2.45) is 0 Å². The standard InChI is InChI=1S/C16H19ClN2O5S/c1-5-24-16(20)14-9(2)18-10(3)15(14)25(21,22)19-12-8-11(17)6-7-13(12)23-4/h6-8,18-19H,5H2,1-4H3. The number of hydrogen-bond acceptors (Lipinski definition) is 5. The predicted molar refractivity (Wildman–Crippen MR) is 95.0 cm³/mol. The lowest BCUT2D eigenvalue weighted by Gasteiger charge is -2.13. The zero-order valence-electron chi connectivity index (χ0n) is 14.3. The molecule has 2 rings (SSSR count). The highest BCUT2D eigenvalue weighted by atomic mass is 35.5. The summed E-state index contributed by atoms with van der Waals surface area (Å²) in [6, 6.07) is 4.55. The summed E-state index contributed by atoms with van der Waals surface area (Å²) in [7, 11) is -2.67. The van der Waals surface area contributed by atoms with Gasteiger partial charge in [-0.2, -0.15) is 0 Å². The molecule has 0 atom stereocenters. The van der Waals surface area contributed by atoms with Crippen LogP contribution < -0.4 is 9.46 Å². The number of aryl methyl sites for hydroxylation is 2. The van der Waals surface area contributed by atoms with Gasteiger partial charge in [0, 0.05) is 16.4 Å². The molecule has 0 saturated heterocycles. The van der Waals surface area contributed by atoms with Crippen LogP contribution in [0.5, 0.6) is 5.75 Å². The molecule has 1 heterocycles. The number of anilines is 1. The van der Waals surface area contributed by atoms with E-state index in [0.717, 1.165) is 0 Å². The molecule has 1 aromatic heterocycles. The zero-order valence-corrected chi connectivity index (χ0v) is 15.8. The number of carbonyl (C=O) groups excluding carboxylic acids is 1. The molecule has 136 valence electrons. The first kappa shape index (κ1) is 19.1. The maximum Gasteiger partial charge on any atom is 0.341 e. The fourth-order valence-electron chi connectivity index (χ4n) is 2.50. The third-order valence-electron chi connectivity index (χ3n) is 3.47. The minimum Gasteiger partial charge on any atom is -0.495 e. The Balaban J connectivity index is 2.55. The largest absolute Gasteiger partial charge is 0.495 e. The van der Waals surface area contributed by atoms with Crippen LogP contribution in [0.4, 0.5) is 5.69 Å². The maximum atomic E-state index is 12.9. The van der Waals surface area contributed by atoms with Crippen molar-refractivity contribution in [1.29, 1.82) is 0 Å². The molecule has 0 saturated carbocycles. The van der Waals surface area contributed by atoms with E-state index in [1.54, 1.807) is 32.9 Å². The Bertz CT molecular complexity index is 905. The second-order valence-electron chi connectivity index (χ2n) is 5.25. The van der Waals surface area contributed by atoms with Gasteiger partial charge in [0.25, 0.3) is 10.0 Å². The van der Waals surface area contributed by atoms with Crippen LogP contribution in [0.3, 0.4) is 0 Å². The quantitative estimate of drug-likeness (QED) is 0.742. The van der Waals surface area contributed by atoms with Crippen molar-refractivity contribution in [2.45, 2.75) is 25.7 Å². The molecule has 0 aliphatic heterocycles. The van der Waals surface area contributed by atoms with Crippen molar-refractivity contribution in [1.82, 2.24) is 4.98 Å². The Hall–Kier alpha value is -2.19. The van der Waals surface area contributed by atoms with Gasteiger partial charge in [0.2, 0.25) is 0 Å². The minimum atomic E-state index is -4.09. The lowest BCUT2D eigenvalue weighted by molar-refractivity contribution is 0.0521. The van der Waals surface area contributed by atoms with Crippen LogP contribution in [-0.4, -0.2) is 33.1 Å². The van der Waals surface area contributed by atoms with Crippen molar-refractivity contribution in [3.63, 3.8) is 0 Å². The number of aromatic nitrogens is 1. The summed E-state index contributed by atoms with van der Waals surface area (Å²) < 4.78 is 38.4. The monoisotopic (exact) mass is 386 g/mol. The summed E-state index contributed by atoms with van der Waals surface area (Å²) in [5.41, 5.74) is 0.888. The normalized spacial score (nSPS) is 11.2. The average Bonchev–Trinajstić information content (AvgIpc) is 2.82. The van der Waals surface area contributed by atoms with Crippen LogP contribution in [0.2, 0.25) is 5.02 Å². The van der Waals surface area contributed by atoms with Crippen LogP contribution in [0.1, 0.15) is 28.7 Å². The molecular weight excluding hydrogens is 368 g/mol. The van der Waals surface area contributed by atoms with Crippen LogP contribution in [0, 0.1) is 13.8 Å². The number of benzene rings is 1. The fourth-order valence-corrected chi connectivity index (χ4v) is 4.18. The number of nitrogens with one attached hydrogen (secondary N) is 2. The predicted octanol–water partition coefficient (Wildman–Crippen LogP) is 3.27. The summed E-state index contributed by atoms with van der Waals surface area (Å²) >= 11 is 5.94. The highest BCUT2D eigenvalue weighted by Gasteiger charge is 2.30. The number of hydrogen-bond donors (Lipinski definition) is 2. The molecule has 0 aliphatic rings. The molecule has 0 unspecified atom stereocenters. The van der Waals surface area contributed by atoms with E-state index in [0.29, 0.717) is 22.2 Å². The van der Waals surface area contributed by atoms with Gasteiger partial charge in [0.1, 0.15) is 16.2 Å². The molecule has 0 spiro atoms. The van der Waals surface area contributed by atoms with E-state index in [1.807, 2.05) is 0 Å². The number of halogens is 1. The average molecular weight is 387 g/mol. The summed E-state index contributed by atoms with van der Waals surface area (Å²) in [6.45, 7) is 4.96. The number of carbonyl (C=O) groups is 1. The number of esters is 1. The van der Waals surface area contributed by atoms with Gasteiger partial charge < -0.3 is 14.5 Å². The number of H-pyrrole nitrogens is 1. The second kappa shape index (κ2) is 7.37. The Morgan fingerprint density at radius 3 is 2.56 bits per heavy atom. The number of rotatable bonds is 6. The number of aromatic amines is 1. The van der Waals surface area contributed by atoms with E-state index in [4.69, 9.17) is 21.1 Å². The van der Waals surface area contributed by atoms with E-state index in [2.05, 4.69) is 9.71 Å². The first-order chi connectivity index (χ1) is 11.7. The first-order valence-corrected chi connectivity index (χ1v) is 9.30. The summed E-state index contributed by atoms with van der Waals surface area (Å²) in [6.07, 6.45) is 0. The smallest absolute Gasteiger partial charge is 0.341 e. The van der Waals surface area contributed by atoms with Crippen LogP contribution >= 0.6 is 11.6 Å². The molecule has 2 aromatic rings. The molecule has 9 heteroatoms. The van der Waals surface area contributed by atoms with Crippen LogP contribution in [0.15, 0.2) is 23.1 Å². The van der Waals surface area contributed by atoms with E-state index in [1.165, 1.54) is 13.2 Å². The lowest BCUT2D eigenvalue weighted by atomic mass is 10.2. The van der Waals surface area contributed by atoms with Gasteiger partial charge in [0.05, 0.1) is 19.4 Å². The van der Waals surface area contributed by atoms with E-state index in [9.17, 15) is 13.2 Å². The topological polar surface area (TPSA) is 97.5 Å². The summed E-state index contributed by atoms with van der Waals surface area (Å²) in [5.74, 6) is -0.404. The van der Waals surface area contributed by atoms with Crippen LogP contribution in [-0.2, 0) is 14.8 Å². The summed E-state index contributed by atoms with van der Waals surface area (Å²) in [5, 5.41) is 0.339. The van der Waals surface area contributed by atoms with Crippen molar-refractivity contribution < 1.29 is 22.7 Å². The van der Waals surface area contributed by atoms with E-state index >= 15 is 0 Å². The molecule has 0 bridgehead atoms. The van der Waals surface area contributed by atoms with Crippen molar-refractivity contribution >= 4 is 33.3 Å². The molecule has 0 radical (unpaired) electrons. The van der Waals surface area contributed by atoms with Crippen molar-refractivity contribution in [3.05, 3.63) is 40.2 Å². The Labute approximate surface area is 151 Å². The lowest BCUT2D eigenvalue weighted by Crippen LogP contribution is -2.18. The van der Waals surface area contributed by atoms with E-state index in [-0.39, 0.29) is 22.8 Å². The van der Waals surface area contributed by atoms with Gasteiger partial charge in [-0.15, -0.1) is 0 Å². The SMILES string of the molecule is CCOC(=O)c1c(C)[nH]c(C)c1S(=O)(=O)Nc1cc(Cl)ccc1OC.